The third-order valence-electron chi connectivity index (χ3n) is 8.45. The van der Waals surface area contributed by atoms with Crippen LogP contribution in [-0.2, 0) is 0 Å². The van der Waals surface area contributed by atoms with Gasteiger partial charge in [-0.2, -0.15) is 0 Å². The van der Waals surface area contributed by atoms with Crippen LogP contribution in [-0.4, -0.2) is 4.90 Å². The molecule has 0 radical (unpaired) electrons. The van der Waals surface area contributed by atoms with Crippen LogP contribution >= 0.6 is 0 Å². The monoisotopic (exact) mass is 537 g/mol. The number of benzene rings is 7. The molecule has 0 heterocycles. The third kappa shape index (κ3) is 4.10. The molecule has 7 aromatic rings. The lowest BCUT2D eigenvalue weighted by Crippen LogP contribution is -2.06. The molecule has 0 fully saturated rings. The quantitative estimate of drug-likeness (QED) is 0.151. The molecule has 0 atom stereocenters. The van der Waals surface area contributed by atoms with Crippen molar-refractivity contribution in [1.29, 1.82) is 0 Å². The summed E-state index contributed by atoms with van der Waals surface area (Å²) in [6, 6.07) is 42.3. The van der Waals surface area contributed by atoms with Crippen LogP contribution < -0.4 is 0 Å². The van der Waals surface area contributed by atoms with Crippen LogP contribution in [0, 0.1) is 0 Å². The van der Waals surface area contributed by atoms with E-state index in [1.54, 1.807) is 12.3 Å². The first-order chi connectivity index (χ1) is 20.6. The normalized spacial score (nSPS) is 11.9. The molecule has 0 aliphatic rings. The van der Waals surface area contributed by atoms with Gasteiger partial charge in [0, 0.05) is 18.1 Å². The van der Waals surface area contributed by atoms with E-state index < -0.39 is 0 Å². The second-order valence-electron chi connectivity index (χ2n) is 10.9. The zero-order valence-corrected chi connectivity index (χ0v) is 23.8. The SMILES string of the molecule is C=CC(=C)N(C=C)/C=C(\C)c1ccc2cc(-c3cc4c5ccccc5c5ccccc5c4c4ccccc34)ccc2c1. The zero-order valence-electron chi connectivity index (χ0n) is 23.8. The Balaban J connectivity index is 1.43. The Labute approximate surface area is 246 Å². The van der Waals surface area contributed by atoms with Crippen molar-refractivity contribution in [2.24, 2.45) is 0 Å². The maximum atomic E-state index is 4.04. The van der Waals surface area contributed by atoms with Gasteiger partial charge in [-0.05, 0) is 107 Å². The van der Waals surface area contributed by atoms with Gasteiger partial charge in [0.2, 0.25) is 0 Å². The Morgan fingerprint density at radius 1 is 0.595 bits per heavy atom. The van der Waals surface area contributed by atoms with Crippen LogP contribution in [0.25, 0.3) is 70.6 Å². The maximum absolute atomic E-state index is 4.04. The standard InChI is InChI=1S/C41H31N/c1-5-28(4)42(6-2)26-27(3)29-19-20-31-24-32(22-21-30(31)23-29)39-25-40-35-15-8-7-13-33(35)34-14-9-11-17-37(34)41(40)38-18-12-10-16-36(38)39/h5-26H,1-2,4H2,3H3/b27-26+. The van der Waals surface area contributed by atoms with E-state index in [9.17, 15) is 0 Å². The Morgan fingerprint density at radius 3 is 1.81 bits per heavy atom. The summed E-state index contributed by atoms with van der Waals surface area (Å²) in [7, 11) is 0. The van der Waals surface area contributed by atoms with Crippen LogP contribution in [0.4, 0.5) is 0 Å². The van der Waals surface area contributed by atoms with E-state index in [1.807, 2.05) is 11.1 Å². The van der Waals surface area contributed by atoms with Crippen LogP contribution in [0.3, 0.4) is 0 Å². The molecule has 0 saturated carbocycles. The number of fused-ring (bicyclic) bond motifs is 9. The molecule has 0 aliphatic carbocycles. The van der Waals surface area contributed by atoms with Crippen molar-refractivity contribution in [3.05, 3.63) is 165 Å². The lowest BCUT2D eigenvalue weighted by Gasteiger charge is -2.17. The summed E-state index contributed by atoms with van der Waals surface area (Å²) < 4.78 is 0. The summed E-state index contributed by atoms with van der Waals surface area (Å²) in [6.45, 7) is 13.9. The Hall–Kier alpha value is -5.40. The minimum absolute atomic E-state index is 0.790. The number of hydrogen-bond acceptors (Lipinski definition) is 1. The molecule has 200 valence electrons. The van der Waals surface area contributed by atoms with Gasteiger partial charge < -0.3 is 4.90 Å². The van der Waals surface area contributed by atoms with Gasteiger partial charge in [0.25, 0.3) is 0 Å². The van der Waals surface area contributed by atoms with E-state index >= 15 is 0 Å². The summed E-state index contributed by atoms with van der Waals surface area (Å²) in [6.07, 6.45) is 5.53. The van der Waals surface area contributed by atoms with Gasteiger partial charge in [0.1, 0.15) is 0 Å². The predicted octanol–water partition coefficient (Wildman–Crippen LogP) is 11.6. The molecule has 1 heteroatoms. The summed E-state index contributed by atoms with van der Waals surface area (Å²) in [4.78, 5) is 1.90. The molecule has 0 spiro atoms. The van der Waals surface area contributed by atoms with E-state index in [2.05, 4.69) is 142 Å². The molecule has 0 unspecified atom stereocenters. The molecule has 1 nitrogen and oxygen atoms in total. The smallest absolute Gasteiger partial charge is 0.0371 e. The fourth-order valence-corrected chi connectivity index (χ4v) is 6.31. The van der Waals surface area contributed by atoms with Crippen molar-refractivity contribution >= 4 is 59.4 Å². The topological polar surface area (TPSA) is 3.24 Å². The molecule has 0 amide bonds. The van der Waals surface area contributed by atoms with Crippen molar-refractivity contribution in [1.82, 2.24) is 4.90 Å². The van der Waals surface area contributed by atoms with Crippen LogP contribution in [0.5, 0.6) is 0 Å². The second kappa shape index (κ2) is 10.2. The summed E-state index contributed by atoms with van der Waals surface area (Å²) in [5, 5.41) is 12.8. The average Bonchev–Trinajstić information content (AvgIpc) is 3.05. The van der Waals surface area contributed by atoms with Crippen molar-refractivity contribution in [3.63, 3.8) is 0 Å². The van der Waals surface area contributed by atoms with E-state index in [0.29, 0.717) is 0 Å². The van der Waals surface area contributed by atoms with Gasteiger partial charge in [0.15, 0.2) is 0 Å². The first-order valence-electron chi connectivity index (χ1n) is 14.3. The fraction of sp³-hybridized carbons (Fsp3) is 0.0244. The number of nitrogens with zero attached hydrogens (tertiary/aromatic N) is 1. The Morgan fingerprint density at radius 2 is 1.14 bits per heavy atom. The van der Waals surface area contributed by atoms with Gasteiger partial charge in [-0.15, -0.1) is 0 Å². The van der Waals surface area contributed by atoms with Crippen LogP contribution in [0.15, 0.2) is 159 Å². The van der Waals surface area contributed by atoms with Gasteiger partial charge in [0.05, 0.1) is 0 Å². The minimum atomic E-state index is 0.790. The molecule has 0 aromatic heterocycles. The van der Waals surface area contributed by atoms with E-state index in [1.165, 1.54) is 65.0 Å². The summed E-state index contributed by atoms with van der Waals surface area (Å²) in [5.74, 6) is 0. The molecular weight excluding hydrogens is 506 g/mol. The van der Waals surface area contributed by atoms with Crippen molar-refractivity contribution in [3.8, 4) is 11.1 Å². The van der Waals surface area contributed by atoms with Crippen molar-refractivity contribution < 1.29 is 0 Å². The first kappa shape index (κ1) is 25.6. The minimum Gasteiger partial charge on any atom is -0.325 e. The van der Waals surface area contributed by atoms with Crippen LogP contribution in [0.1, 0.15) is 12.5 Å². The highest BCUT2D eigenvalue weighted by Gasteiger charge is 2.15. The van der Waals surface area contributed by atoms with Gasteiger partial charge >= 0.3 is 0 Å². The second-order valence-corrected chi connectivity index (χ2v) is 10.9. The van der Waals surface area contributed by atoms with Crippen LogP contribution in [0.2, 0.25) is 0 Å². The highest BCUT2D eigenvalue weighted by Crippen LogP contribution is 2.43. The molecule has 42 heavy (non-hydrogen) atoms. The number of rotatable bonds is 6. The lowest BCUT2D eigenvalue weighted by molar-refractivity contribution is 0.658. The summed E-state index contributed by atoms with van der Waals surface area (Å²) >= 11 is 0. The van der Waals surface area contributed by atoms with Gasteiger partial charge in [-0.1, -0.05) is 117 Å². The molecule has 7 rings (SSSR count). The maximum Gasteiger partial charge on any atom is 0.0371 e. The van der Waals surface area contributed by atoms with Crippen molar-refractivity contribution in [2.75, 3.05) is 0 Å². The fourth-order valence-electron chi connectivity index (χ4n) is 6.31. The van der Waals surface area contributed by atoms with Gasteiger partial charge in [-0.3, -0.25) is 0 Å². The molecule has 0 aliphatic heterocycles. The number of hydrogen-bond donors (Lipinski definition) is 0. The highest BCUT2D eigenvalue weighted by atomic mass is 15.1. The van der Waals surface area contributed by atoms with Crippen molar-refractivity contribution in [2.45, 2.75) is 6.92 Å². The predicted molar refractivity (Wildman–Crippen MR) is 184 cm³/mol. The largest absolute Gasteiger partial charge is 0.325 e. The molecule has 0 bridgehead atoms. The Kier molecular flexibility index (Phi) is 6.22. The highest BCUT2D eigenvalue weighted by molar-refractivity contribution is 6.33. The van der Waals surface area contributed by atoms with Gasteiger partial charge in [-0.25, -0.2) is 0 Å². The molecule has 0 N–H and O–H groups in total. The third-order valence-corrected chi connectivity index (χ3v) is 8.45. The first-order valence-corrected chi connectivity index (χ1v) is 14.3. The van der Waals surface area contributed by atoms with E-state index in [0.717, 1.165) is 16.8 Å². The lowest BCUT2D eigenvalue weighted by atomic mass is 9.87. The van der Waals surface area contributed by atoms with E-state index in [4.69, 9.17) is 0 Å². The Bertz CT molecular complexity index is 2260. The zero-order chi connectivity index (χ0) is 28.8. The summed E-state index contributed by atoms with van der Waals surface area (Å²) in [5.41, 5.74) is 5.55. The van der Waals surface area contributed by atoms with E-state index in [-0.39, 0.29) is 0 Å². The average molecular weight is 538 g/mol. The molecular formula is C41H31N. The number of allylic oxidation sites excluding steroid dienone is 2. The molecule has 7 aromatic carbocycles. The molecule has 0 saturated heterocycles.